The van der Waals surface area contributed by atoms with Gasteiger partial charge in [0.25, 0.3) is 0 Å². The second-order valence-corrected chi connectivity index (χ2v) is 19.1. The Morgan fingerprint density at radius 2 is 1.09 bits per heavy atom. The van der Waals surface area contributed by atoms with Crippen LogP contribution in [0.25, 0.3) is 75.5 Å². The number of aromatic nitrogens is 1. The Balaban J connectivity index is 0.997. The number of thiophene rings is 1. The fraction of sp³-hybridized carbons (Fsp3) is 0.0364. The highest BCUT2D eigenvalue weighted by molar-refractivity contribution is 7.68. The first kappa shape index (κ1) is 32.5. The van der Waals surface area contributed by atoms with Crippen molar-refractivity contribution < 1.29 is 0 Å². The summed E-state index contributed by atoms with van der Waals surface area (Å²) in [6.45, 7) is 0. The molecular formula is C55H35NPS+. The lowest BCUT2D eigenvalue weighted by Crippen LogP contribution is -2.09. The molecule has 270 valence electrons. The van der Waals surface area contributed by atoms with Gasteiger partial charge in [0.15, 0.2) is 11.0 Å². The largest absolute Gasteiger partial charge is 0.309 e. The first-order valence-electron chi connectivity index (χ1n) is 20.2. The molecule has 13 rings (SSSR count). The van der Waals surface area contributed by atoms with Gasteiger partial charge in [-0.05, 0) is 106 Å². The first-order valence-corrected chi connectivity index (χ1v) is 22.4. The molecule has 3 heterocycles. The lowest BCUT2D eigenvalue weighted by Gasteiger charge is -2.15. The van der Waals surface area contributed by atoms with E-state index < -0.39 is 7.55 Å². The van der Waals surface area contributed by atoms with Gasteiger partial charge in [0.2, 0.25) is 0 Å². The predicted octanol–water partition coefficient (Wildman–Crippen LogP) is 14.6. The maximum absolute atomic E-state index is 2.58. The third-order valence-electron chi connectivity index (χ3n) is 12.8. The van der Waals surface area contributed by atoms with Gasteiger partial charge < -0.3 is 4.57 Å². The van der Waals surface area contributed by atoms with E-state index >= 15 is 0 Å². The molecule has 8 aromatic carbocycles. The number of rotatable bonds is 4. The van der Waals surface area contributed by atoms with Crippen molar-refractivity contribution in [3.63, 3.8) is 0 Å². The molecule has 0 amide bonds. The van der Waals surface area contributed by atoms with E-state index in [1.165, 1.54) is 103 Å². The third-order valence-corrected chi connectivity index (χ3v) is 16.9. The number of para-hydroxylation sites is 2. The number of hydrogen-bond acceptors (Lipinski definition) is 1. The van der Waals surface area contributed by atoms with Gasteiger partial charge >= 0.3 is 0 Å². The average molecular weight is 773 g/mol. The van der Waals surface area contributed by atoms with E-state index in [1.807, 2.05) is 11.3 Å². The van der Waals surface area contributed by atoms with Crippen LogP contribution in [0.3, 0.4) is 0 Å². The summed E-state index contributed by atoms with van der Waals surface area (Å²) < 4.78 is 5.10. The molecule has 2 unspecified atom stereocenters. The van der Waals surface area contributed by atoms with Crippen molar-refractivity contribution in [2.45, 2.75) is 11.6 Å². The average Bonchev–Trinajstić information content (AvgIpc) is 4.02. The van der Waals surface area contributed by atoms with E-state index in [2.05, 4.69) is 205 Å². The van der Waals surface area contributed by atoms with Crippen molar-refractivity contribution in [3.05, 3.63) is 222 Å². The molecule has 1 aliphatic heterocycles. The van der Waals surface area contributed by atoms with Crippen LogP contribution in [0.2, 0.25) is 0 Å². The van der Waals surface area contributed by atoms with Crippen LogP contribution in [0.4, 0.5) is 0 Å². The molecule has 2 aliphatic carbocycles. The van der Waals surface area contributed by atoms with Gasteiger partial charge in [-0.3, -0.25) is 0 Å². The normalized spacial score (nSPS) is 16.3. The van der Waals surface area contributed by atoms with E-state index in [9.17, 15) is 0 Å². The van der Waals surface area contributed by atoms with E-state index in [1.54, 1.807) is 5.29 Å². The molecule has 2 atom stereocenters. The Bertz CT molecular complexity index is 3420. The SMILES string of the molecule is C1=CC2=[P+](C3c4ccccc4-c4ccccc43)c3ccc(-c4ccc5sc6ccccc6c5c4)cc3C2C=C1c1ccc2c(c1)c1ccccc1n2-c1ccccc1. The highest BCUT2D eigenvalue weighted by atomic mass is 32.1. The summed E-state index contributed by atoms with van der Waals surface area (Å²) in [6.07, 6.45) is 7.50. The second kappa shape index (κ2) is 12.5. The maximum Gasteiger partial charge on any atom is 0.173 e. The van der Waals surface area contributed by atoms with Crippen LogP contribution in [0.1, 0.15) is 33.8 Å². The van der Waals surface area contributed by atoms with Crippen LogP contribution in [-0.2, 0) is 0 Å². The van der Waals surface area contributed by atoms with Crippen LogP contribution >= 0.6 is 18.9 Å². The monoisotopic (exact) mass is 772 g/mol. The minimum absolute atomic E-state index is 0.202. The fourth-order valence-corrected chi connectivity index (χ4v) is 14.6. The zero-order chi connectivity index (χ0) is 37.9. The van der Waals surface area contributed by atoms with Crippen molar-refractivity contribution in [2.24, 2.45) is 0 Å². The molecule has 0 radical (unpaired) electrons. The Morgan fingerprint density at radius 1 is 0.448 bits per heavy atom. The summed E-state index contributed by atoms with van der Waals surface area (Å²) in [5.41, 5.74) is 16.3. The zero-order valence-corrected chi connectivity index (χ0v) is 33.2. The molecule has 0 saturated carbocycles. The number of allylic oxidation sites excluding steroid dienone is 4. The smallest absolute Gasteiger partial charge is 0.173 e. The Labute approximate surface area is 341 Å². The quantitative estimate of drug-likeness (QED) is 0.157. The highest BCUT2D eigenvalue weighted by Crippen LogP contribution is 2.61. The van der Waals surface area contributed by atoms with Crippen molar-refractivity contribution in [1.29, 1.82) is 0 Å². The molecule has 0 spiro atoms. The molecule has 0 fully saturated rings. The van der Waals surface area contributed by atoms with E-state index in [-0.39, 0.29) is 5.92 Å². The molecule has 2 aromatic heterocycles. The van der Waals surface area contributed by atoms with Gasteiger partial charge in [-0.25, -0.2) is 0 Å². The molecule has 1 nitrogen and oxygen atoms in total. The predicted molar refractivity (Wildman–Crippen MR) is 251 cm³/mol. The maximum atomic E-state index is 2.58. The molecule has 0 bridgehead atoms. The molecule has 3 heteroatoms. The first-order chi connectivity index (χ1) is 28.8. The van der Waals surface area contributed by atoms with Crippen LogP contribution in [0.5, 0.6) is 0 Å². The van der Waals surface area contributed by atoms with Crippen molar-refractivity contribution in [1.82, 2.24) is 4.57 Å². The molecular weight excluding hydrogens is 738 g/mol. The van der Waals surface area contributed by atoms with Crippen molar-refractivity contribution in [2.75, 3.05) is 0 Å². The summed E-state index contributed by atoms with van der Waals surface area (Å²) in [6, 6.07) is 68.3. The lowest BCUT2D eigenvalue weighted by atomic mass is 9.86. The summed E-state index contributed by atoms with van der Waals surface area (Å²) in [4.78, 5) is 0. The van der Waals surface area contributed by atoms with Gasteiger partial charge in [0.1, 0.15) is 12.8 Å². The van der Waals surface area contributed by atoms with Crippen LogP contribution < -0.4 is 5.30 Å². The summed E-state index contributed by atoms with van der Waals surface area (Å²) in [7, 11) is -0.697. The van der Waals surface area contributed by atoms with E-state index in [4.69, 9.17) is 0 Å². The van der Waals surface area contributed by atoms with Crippen LogP contribution in [0.15, 0.2) is 200 Å². The fourth-order valence-electron chi connectivity index (χ4n) is 10.2. The topological polar surface area (TPSA) is 4.93 Å². The van der Waals surface area contributed by atoms with Gasteiger partial charge in [0, 0.05) is 53.3 Å². The molecule has 58 heavy (non-hydrogen) atoms. The number of hydrogen-bond donors (Lipinski definition) is 0. The van der Waals surface area contributed by atoms with Gasteiger partial charge in [0.05, 0.1) is 17.0 Å². The zero-order valence-electron chi connectivity index (χ0n) is 31.5. The summed E-state index contributed by atoms with van der Waals surface area (Å²) >= 11 is 1.89. The summed E-state index contributed by atoms with van der Waals surface area (Å²) in [5, 5.41) is 8.33. The Kier molecular flexibility index (Phi) is 6.99. The van der Waals surface area contributed by atoms with Gasteiger partial charge in [-0.1, -0.05) is 127 Å². The standard InChI is InChI=1S/C55H35NPS/c1-2-12-38(13-3-1)56-49-20-10-8-16-41(49)45-30-34(22-26-50(45)56)35-23-27-51-46(31-35)47-32-36(37-25-29-54-48(33-37)42-17-9-11-21-53(42)58-54)24-28-52(47)57(51)55-43-18-6-4-14-39(43)40-15-5-7-19-44(40)55/h1-33,46,55H/q+1. The highest BCUT2D eigenvalue weighted by Gasteiger charge is 2.48. The molecule has 0 N–H and O–H groups in total. The molecule has 0 saturated heterocycles. The summed E-state index contributed by atoms with van der Waals surface area (Å²) in [5.74, 6) is 0.202. The van der Waals surface area contributed by atoms with Crippen LogP contribution in [-0.4, -0.2) is 9.86 Å². The molecule has 3 aliphatic rings. The minimum atomic E-state index is -0.697. The lowest BCUT2D eigenvalue weighted by molar-refractivity contribution is 1.18. The van der Waals surface area contributed by atoms with Gasteiger partial charge in [-0.2, -0.15) is 0 Å². The number of benzene rings is 8. The van der Waals surface area contributed by atoms with Gasteiger partial charge in [-0.15, -0.1) is 11.3 Å². The van der Waals surface area contributed by atoms with Crippen molar-refractivity contribution >= 4 is 77.0 Å². The van der Waals surface area contributed by atoms with E-state index in [0.717, 1.165) is 0 Å². The Morgan fingerprint density at radius 3 is 1.93 bits per heavy atom. The minimum Gasteiger partial charge on any atom is -0.309 e. The number of fused-ring (bicyclic) bond motifs is 12. The molecule has 10 aromatic rings. The van der Waals surface area contributed by atoms with Crippen molar-refractivity contribution in [3.8, 4) is 27.9 Å². The van der Waals surface area contributed by atoms with Crippen LogP contribution in [0, 0.1) is 0 Å². The second-order valence-electron chi connectivity index (χ2n) is 15.8. The van der Waals surface area contributed by atoms with E-state index in [0.29, 0.717) is 5.66 Å². The third kappa shape index (κ3) is 4.68. The number of nitrogens with zero attached hydrogens (tertiary/aromatic N) is 1. The Hall–Kier alpha value is -6.57.